The lowest BCUT2D eigenvalue weighted by molar-refractivity contribution is -0.159. The van der Waals surface area contributed by atoms with E-state index >= 15 is 0 Å². The van der Waals surface area contributed by atoms with Crippen molar-refractivity contribution in [1.82, 2.24) is 9.21 Å². The standard InChI is InChI=1S/C25H34N2O5S2/c1-20(24(28)32-25(2,3)4)27(15-14-26-16-18-31-19-17-26)34(29,30)23-12-10-22(11-13-23)33-21-8-6-5-7-9-21/h5-13,20H,14-19H2,1-4H3/t20-/m1/s1. The summed E-state index contributed by atoms with van der Waals surface area (Å²) >= 11 is 1.56. The van der Waals surface area contributed by atoms with Crippen molar-refractivity contribution in [2.75, 3.05) is 39.4 Å². The van der Waals surface area contributed by atoms with Crippen LogP contribution in [0.3, 0.4) is 0 Å². The third-order valence-corrected chi connectivity index (χ3v) is 8.33. The number of hydrogen-bond acceptors (Lipinski definition) is 7. The third-order valence-electron chi connectivity index (χ3n) is 5.33. The molecule has 3 rings (SSSR count). The van der Waals surface area contributed by atoms with Gasteiger partial charge in [-0.1, -0.05) is 30.0 Å². The maximum Gasteiger partial charge on any atom is 0.324 e. The average molecular weight is 507 g/mol. The van der Waals surface area contributed by atoms with Crippen LogP contribution >= 0.6 is 11.8 Å². The van der Waals surface area contributed by atoms with Crippen LogP contribution in [0.1, 0.15) is 27.7 Å². The number of hydrogen-bond donors (Lipinski definition) is 0. The summed E-state index contributed by atoms with van der Waals surface area (Å²) in [6, 6.07) is 15.7. The van der Waals surface area contributed by atoms with E-state index in [1.165, 1.54) is 4.31 Å². The first-order valence-electron chi connectivity index (χ1n) is 11.4. The number of esters is 1. The van der Waals surface area contributed by atoms with Crippen molar-refractivity contribution in [2.45, 2.75) is 54.0 Å². The van der Waals surface area contributed by atoms with Gasteiger partial charge in [-0.2, -0.15) is 4.31 Å². The summed E-state index contributed by atoms with van der Waals surface area (Å²) in [4.78, 5) is 17.1. The molecule has 1 fully saturated rings. The molecule has 9 heteroatoms. The normalized spacial score (nSPS) is 16.4. The van der Waals surface area contributed by atoms with E-state index in [9.17, 15) is 13.2 Å². The number of sulfonamides is 1. The van der Waals surface area contributed by atoms with E-state index in [1.807, 2.05) is 30.3 Å². The number of benzene rings is 2. The van der Waals surface area contributed by atoms with Crippen LogP contribution in [0.4, 0.5) is 0 Å². The second-order valence-corrected chi connectivity index (χ2v) is 12.2. The quantitative estimate of drug-likeness (QED) is 0.478. The highest BCUT2D eigenvalue weighted by Crippen LogP contribution is 2.29. The summed E-state index contributed by atoms with van der Waals surface area (Å²) in [6.45, 7) is 10.3. The monoisotopic (exact) mass is 506 g/mol. The molecule has 1 saturated heterocycles. The van der Waals surface area contributed by atoms with Gasteiger partial charge in [0, 0.05) is 36.0 Å². The number of morpholine rings is 1. The Morgan fingerprint density at radius 3 is 2.24 bits per heavy atom. The molecule has 0 saturated carbocycles. The third kappa shape index (κ3) is 7.55. The Morgan fingerprint density at radius 1 is 1.06 bits per heavy atom. The fourth-order valence-corrected chi connectivity index (χ4v) is 5.94. The predicted molar refractivity (Wildman–Crippen MR) is 133 cm³/mol. The number of carbonyl (C=O) groups is 1. The van der Waals surface area contributed by atoms with Crippen LogP contribution in [-0.4, -0.2) is 74.6 Å². The summed E-state index contributed by atoms with van der Waals surface area (Å²) < 4.78 is 39.5. The molecule has 0 amide bonds. The molecule has 186 valence electrons. The first-order chi connectivity index (χ1) is 16.1. The second-order valence-electron chi connectivity index (χ2n) is 9.17. The average Bonchev–Trinajstić information content (AvgIpc) is 2.79. The van der Waals surface area contributed by atoms with Crippen molar-refractivity contribution in [1.29, 1.82) is 0 Å². The number of nitrogens with zero attached hydrogens (tertiary/aromatic N) is 2. The summed E-state index contributed by atoms with van der Waals surface area (Å²) in [5, 5.41) is 0. The van der Waals surface area contributed by atoms with Gasteiger partial charge < -0.3 is 9.47 Å². The van der Waals surface area contributed by atoms with Gasteiger partial charge in [0.15, 0.2) is 0 Å². The zero-order valence-corrected chi connectivity index (χ0v) is 21.9. The van der Waals surface area contributed by atoms with Gasteiger partial charge in [-0.15, -0.1) is 0 Å². The van der Waals surface area contributed by atoms with Crippen LogP contribution < -0.4 is 0 Å². The van der Waals surface area contributed by atoms with E-state index in [1.54, 1.807) is 63.7 Å². The first-order valence-corrected chi connectivity index (χ1v) is 13.7. The summed E-state index contributed by atoms with van der Waals surface area (Å²) in [5.74, 6) is -0.561. The highest BCUT2D eigenvalue weighted by atomic mass is 32.2. The van der Waals surface area contributed by atoms with E-state index in [-0.39, 0.29) is 11.4 Å². The first kappa shape index (κ1) is 26.7. The molecule has 1 atom stereocenters. The van der Waals surface area contributed by atoms with Crippen molar-refractivity contribution < 1.29 is 22.7 Å². The fraction of sp³-hybridized carbons (Fsp3) is 0.480. The molecule has 0 bridgehead atoms. The van der Waals surface area contributed by atoms with Crippen LogP contribution in [-0.2, 0) is 24.3 Å². The Labute approximate surface area is 207 Å². The minimum atomic E-state index is -3.93. The largest absolute Gasteiger partial charge is 0.459 e. The maximum absolute atomic E-state index is 13.7. The Hall–Kier alpha value is -1.91. The molecule has 0 N–H and O–H groups in total. The van der Waals surface area contributed by atoms with Gasteiger partial charge in [0.25, 0.3) is 0 Å². The molecule has 0 aliphatic carbocycles. The van der Waals surface area contributed by atoms with Crippen LogP contribution in [0, 0.1) is 0 Å². The molecule has 0 radical (unpaired) electrons. The molecule has 1 aliphatic heterocycles. The molecule has 0 aromatic heterocycles. The zero-order chi connectivity index (χ0) is 24.8. The Balaban J connectivity index is 1.81. The van der Waals surface area contributed by atoms with Gasteiger partial charge >= 0.3 is 5.97 Å². The topological polar surface area (TPSA) is 76.2 Å². The zero-order valence-electron chi connectivity index (χ0n) is 20.3. The van der Waals surface area contributed by atoms with Crippen LogP contribution in [0.25, 0.3) is 0 Å². The Kier molecular flexibility index (Phi) is 9.17. The molecule has 34 heavy (non-hydrogen) atoms. The lowest BCUT2D eigenvalue weighted by Gasteiger charge is -2.33. The van der Waals surface area contributed by atoms with Crippen molar-refractivity contribution in [3.8, 4) is 0 Å². The Bertz CT molecular complexity index is 1030. The van der Waals surface area contributed by atoms with E-state index < -0.39 is 27.6 Å². The van der Waals surface area contributed by atoms with Crippen LogP contribution in [0.15, 0.2) is 69.3 Å². The van der Waals surface area contributed by atoms with Crippen LogP contribution in [0.5, 0.6) is 0 Å². The number of carbonyl (C=O) groups excluding carboxylic acids is 1. The van der Waals surface area contributed by atoms with E-state index in [0.717, 1.165) is 22.9 Å². The van der Waals surface area contributed by atoms with Gasteiger partial charge in [-0.05, 0) is 64.1 Å². The number of rotatable bonds is 9. The predicted octanol–water partition coefficient (Wildman–Crippen LogP) is 3.89. The summed E-state index contributed by atoms with van der Waals surface area (Å²) in [5.41, 5.74) is -0.707. The SMILES string of the molecule is C[C@H](C(=O)OC(C)(C)C)N(CCN1CCOCC1)S(=O)(=O)c1ccc(Sc2ccccc2)cc1. The molecule has 1 aliphatic rings. The minimum absolute atomic E-state index is 0.155. The highest BCUT2D eigenvalue weighted by Gasteiger charge is 2.35. The van der Waals surface area contributed by atoms with Crippen molar-refractivity contribution >= 4 is 27.8 Å². The summed E-state index contributed by atoms with van der Waals surface area (Å²) in [7, 11) is -3.93. The van der Waals surface area contributed by atoms with E-state index in [0.29, 0.717) is 19.8 Å². The van der Waals surface area contributed by atoms with E-state index in [4.69, 9.17) is 9.47 Å². The molecular weight excluding hydrogens is 472 g/mol. The van der Waals surface area contributed by atoms with Gasteiger partial charge in [-0.25, -0.2) is 8.42 Å². The minimum Gasteiger partial charge on any atom is -0.459 e. The number of ether oxygens (including phenoxy) is 2. The highest BCUT2D eigenvalue weighted by molar-refractivity contribution is 7.99. The smallest absolute Gasteiger partial charge is 0.324 e. The van der Waals surface area contributed by atoms with Gasteiger partial charge in [0.05, 0.1) is 18.1 Å². The van der Waals surface area contributed by atoms with Crippen molar-refractivity contribution in [2.24, 2.45) is 0 Å². The Morgan fingerprint density at radius 2 is 1.65 bits per heavy atom. The molecule has 0 unspecified atom stereocenters. The van der Waals surface area contributed by atoms with Crippen LogP contribution in [0.2, 0.25) is 0 Å². The maximum atomic E-state index is 13.7. The summed E-state index contributed by atoms with van der Waals surface area (Å²) in [6.07, 6.45) is 0. The van der Waals surface area contributed by atoms with Gasteiger partial charge in [0.1, 0.15) is 11.6 Å². The molecule has 0 spiro atoms. The van der Waals surface area contributed by atoms with E-state index in [2.05, 4.69) is 4.90 Å². The molecule has 2 aromatic rings. The molecule has 2 aromatic carbocycles. The molecular formula is C25H34N2O5S2. The lowest BCUT2D eigenvalue weighted by Crippen LogP contribution is -2.49. The molecule has 1 heterocycles. The van der Waals surface area contributed by atoms with Gasteiger partial charge in [0.2, 0.25) is 10.0 Å². The van der Waals surface area contributed by atoms with Gasteiger partial charge in [-0.3, -0.25) is 9.69 Å². The molecule has 7 nitrogen and oxygen atoms in total. The fourth-order valence-electron chi connectivity index (χ4n) is 3.53. The lowest BCUT2D eigenvalue weighted by atomic mass is 10.2. The van der Waals surface area contributed by atoms with Crippen molar-refractivity contribution in [3.63, 3.8) is 0 Å². The second kappa shape index (κ2) is 11.7. The van der Waals surface area contributed by atoms with Crippen molar-refractivity contribution in [3.05, 3.63) is 54.6 Å².